The smallest absolute Gasteiger partial charge is 0.144 e. The highest BCUT2D eigenvalue weighted by Gasteiger charge is 2.40. The Bertz CT molecular complexity index is 533. The van der Waals surface area contributed by atoms with Gasteiger partial charge in [-0.1, -0.05) is 12.2 Å². The van der Waals surface area contributed by atoms with E-state index >= 15 is 0 Å². The quantitative estimate of drug-likeness (QED) is 0.813. The molecular formula is C14H19BrN2OS. The minimum absolute atomic E-state index is 0.230. The first-order valence-electron chi connectivity index (χ1n) is 7.10. The Morgan fingerprint density at radius 3 is 2.68 bits per heavy atom. The normalized spacial score (nSPS) is 21.8. The molecule has 0 saturated heterocycles. The average Bonchev–Trinajstić information content (AvgIpc) is 3.13. The Morgan fingerprint density at radius 1 is 1.42 bits per heavy atom. The monoisotopic (exact) mass is 342 g/mol. The van der Waals surface area contributed by atoms with Gasteiger partial charge in [0.05, 0.1) is 4.47 Å². The first kappa shape index (κ1) is 13.7. The van der Waals surface area contributed by atoms with E-state index in [0.29, 0.717) is 10.6 Å². The van der Waals surface area contributed by atoms with Crippen LogP contribution in [0.15, 0.2) is 4.47 Å². The van der Waals surface area contributed by atoms with Crippen LogP contribution in [0.3, 0.4) is 0 Å². The van der Waals surface area contributed by atoms with Crippen LogP contribution in [0, 0.1) is 4.64 Å². The lowest BCUT2D eigenvalue weighted by atomic mass is 10.0. The predicted octanol–water partition coefficient (Wildman–Crippen LogP) is 4.58. The van der Waals surface area contributed by atoms with Crippen LogP contribution in [0.5, 0.6) is 0 Å². The van der Waals surface area contributed by atoms with E-state index in [2.05, 4.69) is 32.8 Å². The number of hydrogen-bond donors (Lipinski definition) is 1. The number of aromatic amines is 1. The van der Waals surface area contributed by atoms with Crippen molar-refractivity contribution in [2.45, 2.75) is 57.0 Å². The van der Waals surface area contributed by atoms with Crippen LogP contribution in [0.4, 0.5) is 0 Å². The maximum absolute atomic E-state index is 6.07. The molecule has 19 heavy (non-hydrogen) atoms. The van der Waals surface area contributed by atoms with Crippen LogP contribution in [0.2, 0.25) is 0 Å². The molecule has 0 unspecified atom stereocenters. The largest absolute Gasteiger partial charge is 0.367 e. The highest BCUT2D eigenvalue weighted by atomic mass is 79.9. The van der Waals surface area contributed by atoms with Gasteiger partial charge in [-0.2, -0.15) is 0 Å². The van der Waals surface area contributed by atoms with Crippen LogP contribution in [-0.2, 0) is 10.3 Å². The van der Waals surface area contributed by atoms with E-state index in [9.17, 15) is 0 Å². The third-order valence-corrected chi connectivity index (χ3v) is 5.50. The zero-order chi connectivity index (χ0) is 13.5. The van der Waals surface area contributed by atoms with Crippen LogP contribution >= 0.6 is 28.1 Å². The van der Waals surface area contributed by atoms with Crippen molar-refractivity contribution in [2.24, 2.45) is 0 Å². The van der Waals surface area contributed by atoms with Crippen molar-refractivity contribution in [2.75, 3.05) is 6.61 Å². The summed E-state index contributed by atoms with van der Waals surface area (Å²) in [5.74, 6) is 1.57. The predicted molar refractivity (Wildman–Crippen MR) is 80.9 cm³/mol. The molecular weight excluding hydrogens is 324 g/mol. The number of halogens is 1. The summed E-state index contributed by atoms with van der Waals surface area (Å²) in [4.78, 5) is 8.14. The zero-order valence-electron chi connectivity index (χ0n) is 11.2. The second kappa shape index (κ2) is 5.26. The van der Waals surface area contributed by atoms with Crippen LogP contribution in [-0.4, -0.2) is 16.6 Å². The standard InChI is InChI=1S/C14H19BrN2OS/c1-2-18-14(7-3-4-8-14)13-16-11(9-5-6-9)10(15)12(19)17-13/h9H,2-8H2,1H3,(H,16,17,19). The van der Waals surface area contributed by atoms with E-state index < -0.39 is 0 Å². The molecule has 3 rings (SSSR count). The van der Waals surface area contributed by atoms with E-state index in [1.165, 1.54) is 31.4 Å². The lowest BCUT2D eigenvalue weighted by Crippen LogP contribution is -2.29. The van der Waals surface area contributed by atoms with E-state index in [0.717, 1.165) is 29.7 Å². The van der Waals surface area contributed by atoms with Crippen LogP contribution in [0.1, 0.15) is 62.9 Å². The Balaban J connectivity index is 2.06. The van der Waals surface area contributed by atoms with Crippen molar-refractivity contribution in [1.29, 1.82) is 0 Å². The molecule has 0 bridgehead atoms. The fraction of sp³-hybridized carbons (Fsp3) is 0.714. The van der Waals surface area contributed by atoms with Gasteiger partial charge < -0.3 is 9.72 Å². The maximum atomic E-state index is 6.07. The summed E-state index contributed by atoms with van der Waals surface area (Å²) in [6.45, 7) is 2.77. The summed E-state index contributed by atoms with van der Waals surface area (Å²) in [6, 6.07) is 0. The van der Waals surface area contributed by atoms with Gasteiger partial charge >= 0.3 is 0 Å². The van der Waals surface area contributed by atoms with Gasteiger partial charge in [0, 0.05) is 18.2 Å². The minimum Gasteiger partial charge on any atom is -0.367 e. The van der Waals surface area contributed by atoms with Gasteiger partial charge in [0.15, 0.2) is 0 Å². The molecule has 0 aliphatic heterocycles. The topological polar surface area (TPSA) is 37.9 Å². The summed E-state index contributed by atoms with van der Waals surface area (Å²) < 4.78 is 7.71. The second-order valence-corrected chi connectivity index (χ2v) is 6.71. The molecule has 2 saturated carbocycles. The minimum atomic E-state index is -0.230. The molecule has 2 aliphatic carbocycles. The highest BCUT2D eigenvalue weighted by molar-refractivity contribution is 9.10. The first-order chi connectivity index (χ1) is 9.16. The van der Waals surface area contributed by atoms with E-state index in [1.807, 2.05) is 0 Å². The molecule has 0 aromatic carbocycles. The summed E-state index contributed by atoms with van der Waals surface area (Å²) >= 11 is 8.99. The Morgan fingerprint density at radius 2 is 2.11 bits per heavy atom. The van der Waals surface area contributed by atoms with Crippen molar-refractivity contribution in [3.05, 3.63) is 20.6 Å². The number of H-pyrrole nitrogens is 1. The lowest BCUT2D eigenvalue weighted by Gasteiger charge is -2.28. The molecule has 2 fully saturated rings. The maximum Gasteiger partial charge on any atom is 0.144 e. The van der Waals surface area contributed by atoms with E-state index in [1.54, 1.807) is 0 Å². The van der Waals surface area contributed by atoms with Crippen LogP contribution < -0.4 is 0 Å². The molecule has 1 N–H and O–H groups in total. The van der Waals surface area contributed by atoms with Gasteiger partial charge in [-0.15, -0.1) is 0 Å². The molecule has 1 aromatic heterocycles. The Kier molecular flexibility index (Phi) is 3.80. The fourth-order valence-corrected chi connectivity index (χ4v) is 3.73. The average molecular weight is 343 g/mol. The summed E-state index contributed by atoms with van der Waals surface area (Å²) in [6.07, 6.45) is 6.99. The lowest BCUT2D eigenvalue weighted by molar-refractivity contribution is -0.0459. The number of nitrogens with zero attached hydrogens (tertiary/aromatic N) is 1. The number of ether oxygens (including phenoxy) is 1. The SMILES string of the molecule is CCOC1(c2nc(=S)c(Br)c(C3CC3)[nH]2)CCCC1. The molecule has 0 spiro atoms. The third-order valence-electron chi connectivity index (χ3n) is 4.14. The third kappa shape index (κ3) is 2.52. The summed E-state index contributed by atoms with van der Waals surface area (Å²) in [5, 5.41) is 0. The summed E-state index contributed by atoms with van der Waals surface area (Å²) in [5.41, 5.74) is 0.994. The zero-order valence-corrected chi connectivity index (χ0v) is 13.6. The van der Waals surface area contributed by atoms with Crippen LogP contribution in [0.25, 0.3) is 0 Å². The van der Waals surface area contributed by atoms with Crippen molar-refractivity contribution >= 4 is 28.1 Å². The van der Waals surface area contributed by atoms with Crippen molar-refractivity contribution in [1.82, 2.24) is 9.97 Å². The molecule has 2 aliphatic rings. The number of hydrogen-bond acceptors (Lipinski definition) is 3. The number of aromatic nitrogens is 2. The molecule has 0 amide bonds. The molecule has 1 aromatic rings. The second-order valence-electron chi connectivity index (χ2n) is 5.53. The van der Waals surface area contributed by atoms with Gasteiger partial charge in [0.2, 0.25) is 0 Å². The molecule has 5 heteroatoms. The first-order valence-corrected chi connectivity index (χ1v) is 8.30. The van der Waals surface area contributed by atoms with Crippen molar-refractivity contribution in [3.63, 3.8) is 0 Å². The van der Waals surface area contributed by atoms with Gasteiger partial charge in [-0.25, -0.2) is 4.98 Å². The number of rotatable bonds is 4. The fourth-order valence-electron chi connectivity index (χ4n) is 3.02. The molecule has 3 nitrogen and oxygen atoms in total. The van der Waals surface area contributed by atoms with Crippen molar-refractivity contribution < 1.29 is 4.74 Å². The van der Waals surface area contributed by atoms with E-state index in [4.69, 9.17) is 17.0 Å². The Labute approximate surface area is 127 Å². The van der Waals surface area contributed by atoms with E-state index in [-0.39, 0.29) is 5.60 Å². The highest BCUT2D eigenvalue weighted by Crippen LogP contribution is 2.45. The number of nitrogens with one attached hydrogen (secondary N) is 1. The molecule has 0 atom stereocenters. The van der Waals surface area contributed by atoms with Gasteiger partial charge in [0.25, 0.3) is 0 Å². The van der Waals surface area contributed by atoms with Crippen molar-refractivity contribution in [3.8, 4) is 0 Å². The summed E-state index contributed by atoms with van der Waals surface area (Å²) in [7, 11) is 0. The Hall–Kier alpha value is -0.260. The van der Waals surface area contributed by atoms with Gasteiger partial charge in [-0.05, 0) is 61.4 Å². The van der Waals surface area contributed by atoms with Gasteiger partial charge in [0.1, 0.15) is 16.1 Å². The molecule has 1 heterocycles. The molecule has 104 valence electrons. The van der Waals surface area contributed by atoms with Gasteiger partial charge in [-0.3, -0.25) is 0 Å². The molecule has 0 radical (unpaired) electrons.